The van der Waals surface area contributed by atoms with Gasteiger partial charge in [-0.05, 0) is 36.2 Å². The second kappa shape index (κ2) is 11.6. The maximum atomic E-state index is 13.2. The Labute approximate surface area is 198 Å². The molecule has 1 N–H and O–H groups in total. The van der Waals surface area contributed by atoms with Crippen LogP contribution < -0.4 is 5.32 Å². The highest BCUT2D eigenvalue weighted by molar-refractivity contribution is 7.89. The molecule has 0 saturated carbocycles. The van der Waals surface area contributed by atoms with Crippen LogP contribution in [0.15, 0.2) is 47.4 Å². The van der Waals surface area contributed by atoms with Gasteiger partial charge in [0.1, 0.15) is 18.5 Å². The van der Waals surface area contributed by atoms with Gasteiger partial charge in [-0.2, -0.15) is 4.31 Å². The van der Waals surface area contributed by atoms with Crippen molar-refractivity contribution in [2.45, 2.75) is 45.2 Å². The summed E-state index contributed by atoms with van der Waals surface area (Å²) in [6.45, 7) is 7.35. The molecule has 2 aromatic carbocycles. The van der Waals surface area contributed by atoms with Gasteiger partial charge >= 0.3 is 5.97 Å². The second-order valence-corrected chi connectivity index (χ2v) is 10.0. The van der Waals surface area contributed by atoms with Gasteiger partial charge in [0.2, 0.25) is 10.0 Å². The van der Waals surface area contributed by atoms with E-state index in [1.165, 1.54) is 40.7 Å². The third-order valence-electron chi connectivity index (χ3n) is 5.03. The van der Waals surface area contributed by atoms with Gasteiger partial charge in [-0.1, -0.05) is 51.4 Å². The fraction of sp³-hybridized carbons (Fsp3) is 0.391. The number of nitrogens with zero attached hydrogens (tertiary/aromatic N) is 1. The number of carbonyl (C=O) groups excluding carboxylic acids is 2. The van der Waals surface area contributed by atoms with E-state index in [0.717, 1.165) is 6.07 Å². The van der Waals surface area contributed by atoms with Crippen LogP contribution in [0.25, 0.3) is 0 Å². The third kappa shape index (κ3) is 6.75. The van der Waals surface area contributed by atoms with E-state index in [4.69, 9.17) is 16.3 Å². The van der Waals surface area contributed by atoms with E-state index in [-0.39, 0.29) is 28.0 Å². The number of hydrogen-bond acceptors (Lipinski definition) is 5. The van der Waals surface area contributed by atoms with Gasteiger partial charge in [-0.3, -0.25) is 4.79 Å². The zero-order valence-electron chi connectivity index (χ0n) is 19.0. The molecule has 0 aliphatic heterocycles. The Balaban J connectivity index is 2.16. The Kier molecular flexibility index (Phi) is 9.39. The molecule has 1 atom stereocenters. The van der Waals surface area contributed by atoms with Crippen molar-refractivity contribution in [2.24, 2.45) is 5.92 Å². The summed E-state index contributed by atoms with van der Waals surface area (Å²) in [5.41, 5.74) is 0.526. The van der Waals surface area contributed by atoms with Crippen LogP contribution in [0.2, 0.25) is 5.02 Å². The molecule has 0 saturated heterocycles. The molecule has 180 valence electrons. The third-order valence-corrected chi connectivity index (χ3v) is 7.43. The highest BCUT2D eigenvalue weighted by Gasteiger charge is 2.28. The summed E-state index contributed by atoms with van der Waals surface area (Å²) in [6.07, 6.45) is 0. The number of benzene rings is 2. The van der Waals surface area contributed by atoms with Crippen LogP contribution in [0.5, 0.6) is 0 Å². The minimum Gasteiger partial charge on any atom is -0.459 e. The van der Waals surface area contributed by atoms with Crippen molar-refractivity contribution in [1.82, 2.24) is 9.62 Å². The van der Waals surface area contributed by atoms with E-state index in [1.54, 1.807) is 27.7 Å². The fourth-order valence-electron chi connectivity index (χ4n) is 3.11. The first-order chi connectivity index (χ1) is 15.5. The first-order valence-electron chi connectivity index (χ1n) is 10.5. The largest absolute Gasteiger partial charge is 0.459 e. The smallest absolute Gasteiger partial charge is 0.329 e. The zero-order valence-corrected chi connectivity index (χ0v) is 20.5. The zero-order chi connectivity index (χ0) is 24.8. The van der Waals surface area contributed by atoms with Gasteiger partial charge in [0.05, 0.1) is 9.92 Å². The molecule has 0 aliphatic carbocycles. The predicted molar refractivity (Wildman–Crippen MR) is 124 cm³/mol. The lowest BCUT2D eigenvalue weighted by atomic mass is 10.0. The Bertz CT molecular complexity index is 1100. The van der Waals surface area contributed by atoms with Crippen LogP contribution >= 0.6 is 11.6 Å². The molecule has 0 radical (unpaired) electrons. The Hall–Kier alpha value is -2.49. The molecule has 2 aromatic rings. The van der Waals surface area contributed by atoms with Crippen LogP contribution in [-0.2, 0) is 26.2 Å². The van der Waals surface area contributed by atoms with E-state index >= 15 is 0 Å². The molecule has 2 rings (SSSR count). The molecule has 0 bridgehead atoms. The maximum Gasteiger partial charge on any atom is 0.329 e. The van der Waals surface area contributed by atoms with E-state index in [0.29, 0.717) is 18.7 Å². The van der Waals surface area contributed by atoms with Gasteiger partial charge in [0, 0.05) is 24.2 Å². The molecule has 0 aromatic heterocycles. The summed E-state index contributed by atoms with van der Waals surface area (Å²) in [5.74, 6) is -2.12. The van der Waals surface area contributed by atoms with Crippen LogP contribution in [0.1, 0.15) is 43.6 Å². The van der Waals surface area contributed by atoms with Gasteiger partial charge in [-0.25, -0.2) is 17.6 Å². The number of ether oxygens (including phenoxy) is 1. The molecule has 0 heterocycles. The summed E-state index contributed by atoms with van der Waals surface area (Å²) >= 11 is 5.96. The highest BCUT2D eigenvalue weighted by atomic mass is 35.5. The average molecular weight is 499 g/mol. The molecule has 33 heavy (non-hydrogen) atoms. The summed E-state index contributed by atoms with van der Waals surface area (Å²) in [6, 6.07) is 8.40. The van der Waals surface area contributed by atoms with Crippen molar-refractivity contribution in [2.75, 3.05) is 13.1 Å². The summed E-state index contributed by atoms with van der Waals surface area (Å²) in [4.78, 5) is 25.5. The SMILES string of the molecule is CCN(CC)S(=O)(=O)c1cccc(C(=O)N[C@@H](C(=O)OCc2ccc(F)cc2Cl)C(C)C)c1. The van der Waals surface area contributed by atoms with Crippen LogP contribution in [-0.4, -0.2) is 43.7 Å². The molecule has 7 nitrogen and oxygen atoms in total. The fourth-order valence-corrected chi connectivity index (χ4v) is 4.84. The molecule has 1 amide bonds. The summed E-state index contributed by atoms with van der Waals surface area (Å²) in [7, 11) is -3.74. The maximum absolute atomic E-state index is 13.2. The van der Waals surface area contributed by atoms with Gasteiger partial charge in [0.25, 0.3) is 5.91 Å². The predicted octanol–water partition coefficient (Wildman–Crippen LogP) is 4.01. The number of nitrogens with one attached hydrogen (secondary N) is 1. The van der Waals surface area contributed by atoms with E-state index < -0.39 is 33.8 Å². The van der Waals surface area contributed by atoms with Crippen molar-refractivity contribution in [3.8, 4) is 0 Å². The molecular weight excluding hydrogens is 471 g/mol. The first-order valence-corrected chi connectivity index (χ1v) is 12.3. The summed E-state index contributed by atoms with van der Waals surface area (Å²) < 4.78 is 45.3. The number of sulfonamides is 1. The number of hydrogen-bond donors (Lipinski definition) is 1. The van der Waals surface area contributed by atoms with Crippen molar-refractivity contribution in [3.63, 3.8) is 0 Å². The van der Waals surface area contributed by atoms with Crippen LogP contribution in [0.4, 0.5) is 4.39 Å². The molecule has 0 spiro atoms. The second-order valence-electron chi connectivity index (χ2n) is 7.66. The van der Waals surface area contributed by atoms with Gasteiger partial charge in [-0.15, -0.1) is 0 Å². The number of halogens is 2. The quantitative estimate of drug-likeness (QED) is 0.500. The summed E-state index contributed by atoms with van der Waals surface area (Å²) in [5, 5.41) is 2.74. The first kappa shape index (κ1) is 26.8. The lowest BCUT2D eigenvalue weighted by molar-refractivity contribution is -0.148. The van der Waals surface area contributed by atoms with E-state index in [1.807, 2.05) is 0 Å². The van der Waals surface area contributed by atoms with Gasteiger partial charge in [0.15, 0.2) is 0 Å². The molecular formula is C23H28ClFN2O5S. The molecule has 0 unspecified atom stereocenters. The van der Waals surface area contributed by atoms with Crippen LogP contribution in [0.3, 0.4) is 0 Å². The lowest BCUT2D eigenvalue weighted by Gasteiger charge is -2.22. The van der Waals surface area contributed by atoms with Crippen LogP contribution in [0, 0.1) is 11.7 Å². The van der Waals surface area contributed by atoms with Crippen molar-refractivity contribution in [1.29, 1.82) is 0 Å². The monoisotopic (exact) mass is 498 g/mol. The lowest BCUT2D eigenvalue weighted by Crippen LogP contribution is -2.45. The Morgan fingerprint density at radius 1 is 1.12 bits per heavy atom. The number of carbonyl (C=O) groups is 2. The number of esters is 1. The van der Waals surface area contributed by atoms with Crippen molar-refractivity contribution in [3.05, 3.63) is 64.4 Å². The van der Waals surface area contributed by atoms with Gasteiger partial charge < -0.3 is 10.1 Å². The standard InChI is InChI=1S/C23H28ClFN2O5S/c1-5-27(6-2)33(30,31)19-9-7-8-16(12-19)22(28)26-21(15(3)4)23(29)32-14-17-10-11-18(25)13-20(17)24/h7-13,15,21H,5-6,14H2,1-4H3,(H,26,28)/t21-/m1/s1. The average Bonchev–Trinajstić information content (AvgIpc) is 2.77. The van der Waals surface area contributed by atoms with Crippen molar-refractivity contribution < 1.29 is 27.1 Å². The molecule has 0 aliphatic rings. The Morgan fingerprint density at radius 2 is 1.79 bits per heavy atom. The van der Waals surface area contributed by atoms with Crippen molar-refractivity contribution >= 4 is 33.5 Å². The highest BCUT2D eigenvalue weighted by Crippen LogP contribution is 2.20. The minimum absolute atomic E-state index is 0.00604. The topological polar surface area (TPSA) is 92.8 Å². The minimum atomic E-state index is -3.74. The Morgan fingerprint density at radius 3 is 2.36 bits per heavy atom. The van der Waals surface area contributed by atoms with E-state index in [2.05, 4.69) is 5.32 Å². The number of rotatable bonds is 10. The molecule has 0 fully saturated rings. The van der Waals surface area contributed by atoms with E-state index in [9.17, 15) is 22.4 Å². The normalized spacial score (nSPS) is 12.6. The molecule has 10 heteroatoms. The number of amides is 1.